The van der Waals surface area contributed by atoms with Crippen molar-refractivity contribution in [2.75, 3.05) is 10.5 Å². The van der Waals surface area contributed by atoms with Crippen LogP contribution in [-0.4, -0.2) is 44.1 Å². The highest BCUT2D eigenvalue weighted by Crippen LogP contribution is 2.34. The minimum atomic E-state index is -3.67. The molecule has 30 heavy (non-hydrogen) atoms. The molecule has 0 spiro atoms. The monoisotopic (exact) mass is 442 g/mol. The summed E-state index contributed by atoms with van der Waals surface area (Å²) in [5, 5.41) is 21.9. The molecule has 0 amide bonds. The molecule has 152 valence electrons. The highest BCUT2D eigenvalue weighted by Gasteiger charge is 2.22. The van der Waals surface area contributed by atoms with E-state index in [9.17, 15) is 13.7 Å². The fourth-order valence-corrected chi connectivity index (χ4v) is 3.73. The summed E-state index contributed by atoms with van der Waals surface area (Å²) < 4.78 is 28.0. The van der Waals surface area contributed by atoms with Crippen LogP contribution in [0, 0.1) is 11.3 Å². The van der Waals surface area contributed by atoms with Crippen LogP contribution in [0.2, 0.25) is 5.02 Å². The van der Waals surface area contributed by atoms with Crippen molar-refractivity contribution in [1.82, 2.24) is 29.9 Å². The van der Waals surface area contributed by atoms with Crippen LogP contribution in [0.15, 0.2) is 30.6 Å². The first-order valence-electron chi connectivity index (χ1n) is 8.77. The van der Waals surface area contributed by atoms with Crippen LogP contribution in [0.5, 0.6) is 0 Å². The zero-order valence-electron chi connectivity index (χ0n) is 15.9. The van der Waals surface area contributed by atoms with Gasteiger partial charge in [-0.2, -0.15) is 15.5 Å². The van der Waals surface area contributed by atoms with E-state index in [2.05, 4.69) is 30.0 Å². The number of sulfonamides is 1. The van der Waals surface area contributed by atoms with E-state index < -0.39 is 10.0 Å². The lowest BCUT2D eigenvalue weighted by atomic mass is 10.1. The van der Waals surface area contributed by atoms with Gasteiger partial charge in [-0.15, -0.1) is 0 Å². The summed E-state index contributed by atoms with van der Waals surface area (Å²) in [7, 11) is -1.92. The SMILES string of the molecule is CCS(=O)(=O)Nc1nc(-c2ccn(C)n2)c(-c2cc(Cl)c3[nH]ncc3c2)nc1C#N. The van der Waals surface area contributed by atoms with Crippen LogP contribution in [0.3, 0.4) is 0 Å². The van der Waals surface area contributed by atoms with Gasteiger partial charge in [0, 0.05) is 24.2 Å². The molecule has 4 aromatic rings. The maximum Gasteiger partial charge on any atom is 0.233 e. The first-order valence-corrected chi connectivity index (χ1v) is 10.8. The van der Waals surface area contributed by atoms with Gasteiger partial charge in [-0.1, -0.05) is 11.6 Å². The minimum Gasteiger partial charge on any atom is -0.276 e. The zero-order valence-corrected chi connectivity index (χ0v) is 17.5. The molecule has 0 radical (unpaired) electrons. The molecule has 3 aromatic heterocycles. The molecule has 0 atom stereocenters. The van der Waals surface area contributed by atoms with Gasteiger partial charge in [0.1, 0.15) is 23.2 Å². The van der Waals surface area contributed by atoms with Gasteiger partial charge in [-0.05, 0) is 25.1 Å². The Morgan fingerprint density at radius 1 is 1.30 bits per heavy atom. The second kappa shape index (κ2) is 7.40. The first-order chi connectivity index (χ1) is 14.3. The van der Waals surface area contributed by atoms with Crippen LogP contribution in [0.4, 0.5) is 5.82 Å². The molecule has 0 unspecified atom stereocenters. The van der Waals surface area contributed by atoms with Gasteiger partial charge in [0.25, 0.3) is 0 Å². The Hall–Kier alpha value is -3.49. The molecule has 1 aromatic carbocycles. The Morgan fingerprint density at radius 3 is 2.77 bits per heavy atom. The number of hydrogen-bond acceptors (Lipinski definition) is 7. The van der Waals surface area contributed by atoms with Gasteiger partial charge in [-0.3, -0.25) is 14.5 Å². The van der Waals surface area contributed by atoms with Crippen molar-refractivity contribution < 1.29 is 8.42 Å². The molecule has 0 aliphatic rings. The fraction of sp³-hybridized carbons (Fsp3) is 0.167. The third-order valence-electron chi connectivity index (χ3n) is 4.36. The highest BCUT2D eigenvalue weighted by atomic mass is 35.5. The lowest BCUT2D eigenvalue weighted by Crippen LogP contribution is -2.17. The maximum atomic E-state index is 12.1. The van der Waals surface area contributed by atoms with E-state index in [1.54, 1.807) is 42.3 Å². The second-order valence-electron chi connectivity index (χ2n) is 6.40. The standard InChI is InChI=1S/C18H15ClN8O2S/c1-3-30(28,29)26-18-14(8-20)22-16(17(23-18)13-4-5-27(2)25-13)10-6-11-9-21-24-15(11)12(19)7-10/h4-7,9H,3H2,1-2H3,(H,21,24)(H,23,26). The lowest BCUT2D eigenvalue weighted by Gasteiger charge is -2.12. The van der Waals surface area contributed by atoms with Gasteiger partial charge < -0.3 is 0 Å². The van der Waals surface area contributed by atoms with Crippen molar-refractivity contribution in [1.29, 1.82) is 5.26 Å². The molecule has 10 nitrogen and oxygen atoms in total. The quantitative estimate of drug-likeness (QED) is 0.483. The Kier molecular flexibility index (Phi) is 4.89. The van der Waals surface area contributed by atoms with Crippen molar-refractivity contribution >= 4 is 38.3 Å². The van der Waals surface area contributed by atoms with Gasteiger partial charge in [-0.25, -0.2) is 18.4 Å². The van der Waals surface area contributed by atoms with Crippen LogP contribution < -0.4 is 4.72 Å². The molecular weight excluding hydrogens is 428 g/mol. The summed E-state index contributed by atoms with van der Waals surface area (Å²) in [6.07, 6.45) is 3.34. The smallest absolute Gasteiger partial charge is 0.233 e. The predicted octanol–water partition coefficient (Wildman–Crippen LogP) is 2.71. The molecule has 3 heterocycles. The van der Waals surface area contributed by atoms with Gasteiger partial charge >= 0.3 is 0 Å². The van der Waals surface area contributed by atoms with E-state index in [0.717, 1.165) is 5.39 Å². The largest absolute Gasteiger partial charge is 0.276 e. The molecule has 0 bridgehead atoms. The average molecular weight is 443 g/mol. The molecule has 0 aliphatic carbocycles. The molecule has 2 N–H and O–H groups in total. The Labute approximate surface area is 176 Å². The first kappa shape index (κ1) is 19.8. The van der Waals surface area contributed by atoms with Crippen molar-refractivity contribution in [3.63, 3.8) is 0 Å². The van der Waals surface area contributed by atoms with E-state index in [4.69, 9.17) is 11.6 Å². The van der Waals surface area contributed by atoms with Crippen LogP contribution in [0.1, 0.15) is 12.6 Å². The summed E-state index contributed by atoms with van der Waals surface area (Å²) in [6, 6.07) is 7.10. The van der Waals surface area contributed by atoms with E-state index in [-0.39, 0.29) is 17.3 Å². The molecule has 0 saturated heterocycles. The number of halogens is 1. The number of nitriles is 1. The number of aromatic amines is 1. The number of nitrogens with zero attached hydrogens (tertiary/aromatic N) is 6. The third kappa shape index (κ3) is 3.58. The van der Waals surface area contributed by atoms with E-state index >= 15 is 0 Å². The van der Waals surface area contributed by atoms with Crippen molar-refractivity contribution in [2.45, 2.75) is 6.92 Å². The lowest BCUT2D eigenvalue weighted by molar-refractivity contribution is 0.602. The van der Waals surface area contributed by atoms with Gasteiger partial charge in [0.15, 0.2) is 11.5 Å². The van der Waals surface area contributed by atoms with Crippen molar-refractivity contribution in [3.8, 4) is 28.7 Å². The van der Waals surface area contributed by atoms with Crippen molar-refractivity contribution in [3.05, 3.63) is 41.3 Å². The molecular formula is C18H15ClN8O2S. The average Bonchev–Trinajstić information content (AvgIpc) is 3.36. The normalized spacial score (nSPS) is 11.5. The number of nitrogens with one attached hydrogen (secondary N) is 2. The summed E-state index contributed by atoms with van der Waals surface area (Å²) in [5.41, 5.74) is 2.20. The summed E-state index contributed by atoms with van der Waals surface area (Å²) in [5.74, 6) is -0.327. The van der Waals surface area contributed by atoms with Crippen LogP contribution in [0.25, 0.3) is 33.5 Å². The topological polar surface area (TPSA) is 142 Å². The van der Waals surface area contributed by atoms with Crippen molar-refractivity contribution in [2.24, 2.45) is 7.05 Å². The van der Waals surface area contributed by atoms with E-state index in [0.29, 0.717) is 33.2 Å². The number of aromatic nitrogens is 6. The summed E-state index contributed by atoms with van der Waals surface area (Å²) in [4.78, 5) is 8.83. The summed E-state index contributed by atoms with van der Waals surface area (Å²) in [6.45, 7) is 1.48. The molecule has 12 heteroatoms. The minimum absolute atomic E-state index is 0.153. The molecule has 4 rings (SSSR count). The van der Waals surface area contributed by atoms with Gasteiger partial charge in [0.05, 0.1) is 22.5 Å². The van der Waals surface area contributed by atoms with E-state index in [1.165, 1.54) is 6.92 Å². The Balaban J connectivity index is 2.00. The second-order valence-corrected chi connectivity index (χ2v) is 8.82. The Morgan fingerprint density at radius 2 is 2.10 bits per heavy atom. The number of H-pyrrole nitrogens is 1. The molecule has 0 fully saturated rings. The Bertz CT molecular complexity index is 1420. The fourth-order valence-electron chi connectivity index (χ4n) is 2.88. The molecule has 0 aliphatic heterocycles. The number of rotatable bonds is 5. The van der Waals surface area contributed by atoms with Gasteiger partial charge in [0.2, 0.25) is 10.0 Å². The maximum absolute atomic E-state index is 12.1. The number of anilines is 1. The predicted molar refractivity (Wildman–Crippen MR) is 112 cm³/mol. The summed E-state index contributed by atoms with van der Waals surface area (Å²) >= 11 is 6.37. The number of benzene rings is 1. The third-order valence-corrected chi connectivity index (χ3v) is 5.93. The highest BCUT2D eigenvalue weighted by molar-refractivity contribution is 7.92. The van der Waals surface area contributed by atoms with E-state index in [1.807, 2.05) is 6.07 Å². The van der Waals surface area contributed by atoms with Crippen LogP contribution >= 0.6 is 11.6 Å². The zero-order chi connectivity index (χ0) is 21.5. The number of aryl methyl sites for hydroxylation is 1. The molecule has 0 saturated carbocycles. The van der Waals surface area contributed by atoms with Crippen LogP contribution in [-0.2, 0) is 17.1 Å². The number of fused-ring (bicyclic) bond motifs is 1. The number of hydrogen-bond donors (Lipinski definition) is 2.